The van der Waals surface area contributed by atoms with E-state index in [0.29, 0.717) is 28.0 Å². The molecule has 144 valence electrons. The van der Waals surface area contributed by atoms with Crippen LogP contribution in [0, 0.1) is 6.92 Å². The fourth-order valence-electron chi connectivity index (χ4n) is 2.51. The van der Waals surface area contributed by atoms with E-state index in [1.807, 2.05) is 31.2 Å². The van der Waals surface area contributed by atoms with Crippen LogP contribution in [0.25, 0.3) is 0 Å². The number of aromatic nitrogens is 2. The molecular formula is C20H19ClN4O3. The normalized spacial score (nSPS) is 10.3. The molecule has 0 saturated heterocycles. The third kappa shape index (κ3) is 4.32. The fraction of sp³-hybridized carbons (Fsp3) is 0.150. The first-order valence-corrected chi connectivity index (χ1v) is 8.77. The van der Waals surface area contributed by atoms with Crippen LogP contribution in [0.4, 0.5) is 17.2 Å². The molecule has 0 fully saturated rings. The van der Waals surface area contributed by atoms with Crippen molar-refractivity contribution in [1.29, 1.82) is 0 Å². The number of nitrogens with zero attached hydrogens (tertiary/aromatic N) is 2. The number of carbonyl (C=O) groups excluding carboxylic acids is 1. The van der Waals surface area contributed by atoms with Gasteiger partial charge in [0.25, 0.3) is 5.91 Å². The first-order chi connectivity index (χ1) is 13.5. The zero-order valence-corrected chi connectivity index (χ0v) is 16.4. The molecule has 0 aliphatic carbocycles. The molecule has 3 rings (SSSR count). The Bertz CT molecular complexity index is 993. The number of methoxy groups -OCH3 is 2. The van der Waals surface area contributed by atoms with Crippen molar-refractivity contribution in [2.45, 2.75) is 6.92 Å². The minimum Gasteiger partial charge on any atom is -0.495 e. The van der Waals surface area contributed by atoms with Gasteiger partial charge in [-0.25, -0.2) is 9.97 Å². The molecule has 0 radical (unpaired) electrons. The number of anilines is 3. The third-order valence-electron chi connectivity index (χ3n) is 3.98. The van der Waals surface area contributed by atoms with Gasteiger partial charge in [0.2, 0.25) is 0 Å². The van der Waals surface area contributed by atoms with Gasteiger partial charge in [-0.3, -0.25) is 4.79 Å². The number of amides is 1. The van der Waals surface area contributed by atoms with Crippen LogP contribution in [0.1, 0.15) is 16.1 Å². The van der Waals surface area contributed by atoms with Gasteiger partial charge in [0, 0.05) is 11.1 Å². The van der Waals surface area contributed by atoms with Gasteiger partial charge < -0.3 is 20.1 Å². The van der Waals surface area contributed by atoms with Crippen LogP contribution in [0.15, 0.2) is 48.8 Å². The van der Waals surface area contributed by atoms with Crippen molar-refractivity contribution in [3.05, 3.63) is 65.1 Å². The highest BCUT2D eigenvalue weighted by molar-refractivity contribution is 6.31. The predicted molar refractivity (Wildman–Crippen MR) is 109 cm³/mol. The van der Waals surface area contributed by atoms with Crippen LogP contribution in [-0.4, -0.2) is 30.1 Å². The van der Waals surface area contributed by atoms with Crippen LogP contribution in [-0.2, 0) is 0 Å². The summed E-state index contributed by atoms with van der Waals surface area (Å²) in [6.07, 6.45) is 2.87. The summed E-state index contributed by atoms with van der Waals surface area (Å²) >= 11 is 6.09. The summed E-state index contributed by atoms with van der Waals surface area (Å²) in [4.78, 5) is 20.9. The second-order valence-corrected chi connectivity index (χ2v) is 6.28. The number of hydrogen-bond acceptors (Lipinski definition) is 6. The Labute approximate surface area is 167 Å². The Morgan fingerprint density at radius 3 is 2.43 bits per heavy atom. The highest BCUT2D eigenvalue weighted by Crippen LogP contribution is 2.31. The van der Waals surface area contributed by atoms with Gasteiger partial charge in [-0.05, 0) is 30.7 Å². The maximum atomic E-state index is 12.5. The van der Waals surface area contributed by atoms with Crippen molar-refractivity contribution in [1.82, 2.24) is 9.97 Å². The van der Waals surface area contributed by atoms with E-state index in [4.69, 9.17) is 21.1 Å². The Balaban J connectivity index is 1.75. The summed E-state index contributed by atoms with van der Waals surface area (Å²) in [5, 5.41) is 6.43. The lowest BCUT2D eigenvalue weighted by Crippen LogP contribution is -2.15. The second kappa shape index (κ2) is 8.58. The molecule has 0 atom stereocenters. The molecular weight excluding hydrogens is 380 g/mol. The lowest BCUT2D eigenvalue weighted by Gasteiger charge is -2.12. The molecule has 1 amide bonds. The van der Waals surface area contributed by atoms with Crippen molar-refractivity contribution >= 4 is 34.7 Å². The van der Waals surface area contributed by atoms with Gasteiger partial charge in [0.1, 0.15) is 23.0 Å². The molecule has 0 unspecified atom stereocenters. The molecule has 8 heteroatoms. The second-order valence-electron chi connectivity index (χ2n) is 5.87. The van der Waals surface area contributed by atoms with E-state index in [-0.39, 0.29) is 5.69 Å². The van der Waals surface area contributed by atoms with Crippen molar-refractivity contribution in [2.75, 3.05) is 24.9 Å². The molecule has 28 heavy (non-hydrogen) atoms. The van der Waals surface area contributed by atoms with Gasteiger partial charge >= 0.3 is 0 Å². The number of carbonyl (C=O) groups is 1. The van der Waals surface area contributed by atoms with E-state index in [1.54, 1.807) is 19.2 Å². The number of benzene rings is 2. The van der Waals surface area contributed by atoms with E-state index >= 15 is 0 Å². The molecule has 0 aliphatic rings. The Hall–Kier alpha value is -3.32. The molecule has 0 saturated carbocycles. The Kier molecular flexibility index (Phi) is 5.96. The smallest absolute Gasteiger partial charge is 0.275 e. The highest BCUT2D eigenvalue weighted by Gasteiger charge is 2.14. The van der Waals surface area contributed by atoms with Crippen molar-refractivity contribution in [3.63, 3.8) is 0 Å². The number of aryl methyl sites for hydroxylation is 1. The molecule has 3 aromatic rings. The Morgan fingerprint density at radius 1 is 1.00 bits per heavy atom. The first kappa shape index (κ1) is 19.4. The topological polar surface area (TPSA) is 85.4 Å². The van der Waals surface area contributed by atoms with Crippen molar-refractivity contribution in [3.8, 4) is 11.5 Å². The van der Waals surface area contributed by atoms with Crippen LogP contribution >= 0.6 is 11.6 Å². The van der Waals surface area contributed by atoms with E-state index in [0.717, 1.165) is 11.3 Å². The molecule has 1 heterocycles. The number of rotatable bonds is 6. The zero-order chi connectivity index (χ0) is 20.1. The van der Waals surface area contributed by atoms with E-state index in [2.05, 4.69) is 20.6 Å². The lowest BCUT2D eigenvalue weighted by molar-refractivity contribution is 0.102. The largest absolute Gasteiger partial charge is 0.495 e. The van der Waals surface area contributed by atoms with Gasteiger partial charge in [0.05, 0.1) is 38.0 Å². The molecule has 2 N–H and O–H groups in total. The molecule has 1 aromatic heterocycles. The van der Waals surface area contributed by atoms with E-state index < -0.39 is 5.91 Å². The maximum absolute atomic E-state index is 12.5. The van der Waals surface area contributed by atoms with Crippen molar-refractivity contribution < 1.29 is 14.3 Å². The van der Waals surface area contributed by atoms with Crippen LogP contribution in [0.2, 0.25) is 5.02 Å². The Morgan fingerprint density at radius 2 is 1.75 bits per heavy atom. The number of ether oxygens (including phenoxy) is 2. The summed E-state index contributed by atoms with van der Waals surface area (Å²) in [7, 11) is 3.10. The number of halogens is 1. The van der Waals surface area contributed by atoms with Gasteiger partial charge in [0.15, 0.2) is 0 Å². The summed E-state index contributed by atoms with van der Waals surface area (Å²) in [5.74, 6) is 1.22. The molecule has 7 nitrogen and oxygen atoms in total. The summed E-state index contributed by atoms with van der Waals surface area (Å²) in [6, 6.07) is 10.8. The highest BCUT2D eigenvalue weighted by atomic mass is 35.5. The third-order valence-corrected chi connectivity index (χ3v) is 4.39. The quantitative estimate of drug-likeness (QED) is 0.638. The van der Waals surface area contributed by atoms with Gasteiger partial charge in [-0.15, -0.1) is 0 Å². The number of para-hydroxylation sites is 2. The van der Waals surface area contributed by atoms with E-state index in [1.165, 1.54) is 19.5 Å². The minimum absolute atomic E-state index is 0.167. The van der Waals surface area contributed by atoms with Crippen LogP contribution < -0.4 is 20.1 Å². The summed E-state index contributed by atoms with van der Waals surface area (Å²) in [6.45, 7) is 1.84. The van der Waals surface area contributed by atoms with Crippen LogP contribution in [0.3, 0.4) is 0 Å². The predicted octanol–water partition coefficient (Wildman–Crippen LogP) is 4.45. The zero-order valence-electron chi connectivity index (χ0n) is 15.6. The standard InChI is InChI=1S/C20H19ClN4O3/c1-12-8-15(18(28-3)9-13(12)21)25-20(26)16-10-23-19(11-22-16)24-14-6-4-5-7-17(14)27-2/h4-11H,1-3H3,(H,23,24)(H,25,26). The van der Waals surface area contributed by atoms with E-state index in [9.17, 15) is 4.79 Å². The maximum Gasteiger partial charge on any atom is 0.275 e. The number of hydrogen-bond donors (Lipinski definition) is 2. The molecule has 0 bridgehead atoms. The first-order valence-electron chi connectivity index (χ1n) is 8.39. The average molecular weight is 399 g/mol. The summed E-state index contributed by atoms with van der Waals surface area (Å²) < 4.78 is 10.6. The number of nitrogens with one attached hydrogen (secondary N) is 2. The van der Waals surface area contributed by atoms with Crippen LogP contribution in [0.5, 0.6) is 11.5 Å². The molecule has 2 aromatic carbocycles. The molecule has 0 spiro atoms. The lowest BCUT2D eigenvalue weighted by atomic mass is 10.2. The summed E-state index contributed by atoms with van der Waals surface area (Å²) in [5.41, 5.74) is 2.24. The molecule has 0 aliphatic heterocycles. The SMILES string of the molecule is COc1cc(Cl)c(C)cc1NC(=O)c1cnc(Nc2ccccc2OC)cn1. The fourth-order valence-corrected chi connectivity index (χ4v) is 2.67. The monoisotopic (exact) mass is 398 g/mol. The van der Waals surface area contributed by atoms with Crippen molar-refractivity contribution in [2.24, 2.45) is 0 Å². The van der Waals surface area contributed by atoms with Gasteiger partial charge in [-0.2, -0.15) is 0 Å². The van der Waals surface area contributed by atoms with Gasteiger partial charge in [-0.1, -0.05) is 23.7 Å². The average Bonchev–Trinajstić information content (AvgIpc) is 2.71. The minimum atomic E-state index is -0.406.